The number of amides is 2. The van der Waals surface area contributed by atoms with E-state index >= 15 is 0 Å². The van der Waals surface area contributed by atoms with Gasteiger partial charge >= 0.3 is 0 Å². The maximum absolute atomic E-state index is 12.0. The smallest absolute Gasteiger partial charge is 0.231 e. The Morgan fingerprint density at radius 1 is 1.19 bits per heavy atom. The number of halogens is 1. The summed E-state index contributed by atoms with van der Waals surface area (Å²) in [5.41, 5.74) is 6.59. The Morgan fingerprint density at radius 3 is 2.14 bits per heavy atom. The third-order valence-corrected chi connectivity index (χ3v) is 3.19. The molecule has 0 unspecified atom stereocenters. The van der Waals surface area contributed by atoms with E-state index in [1.165, 1.54) is 0 Å². The molecule has 1 rings (SSSR count). The van der Waals surface area contributed by atoms with Crippen molar-refractivity contribution in [3.8, 4) is 0 Å². The fourth-order valence-electron chi connectivity index (χ4n) is 1.43. The van der Waals surface area contributed by atoms with Crippen LogP contribution in [0.3, 0.4) is 0 Å². The van der Waals surface area contributed by atoms with Crippen molar-refractivity contribution in [3.05, 3.63) is 29.8 Å². The van der Waals surface area contributed by atoms with Crippen molar-refractivity contribution in [2.45, 2.75) is 20.3 Å². The molecule has 2 amide bonds. The predicted molar refractivity (Wildman–Crippen MR) is 87.6 cm³/mol. The third-order valence-electron chi connectivity index (χ3n) is 3.19. The molecule has 118 valence electrons. The number of rotatable bonds is 5. The molecule has 5 nitrogen and oxygen atoms in total. The van der Waals surface area contributed by atoms with Gasteiger partial charge in [0.2, 0.25) is 11.8 Å². The van der Waals surface area contributed by atoms with Gasteiger partial charge in [-0.3, -0.25) is 9.59 Å². The van der Waals surface area contributed by atoms with E-state index < -0.39 is 5.41 Å². The van der Waals surface area contributed by atoms with Crippen molar-refractivity contribution in [2.75, 3.05) is 26.0 Å². The number of hydrogen-bond donors (Lipinski definition) is 2. The Balaban J connectivity index is 0.00000400. The molecule has 0 heterocycles. The van der Waals surface area contributed by atoms with Crippen molar-refractivity contribution in [3.63, 3.8) is 0 Å². The highest BCUT2D eigenvalue weighted by Crippen LogP contribution is 2.17. The number of carbonyl (C=O) groups excluding carboxylic acids is 2. The van der Waals surface area contributed by atoms with E-state index in [1.54, 1.807) is 45.0 Å². The van der Waals surface area contributed by atoms with E-state index in [2.05, 4.69) is 5.32 Å². The summed E-state index contributed by atoms with van der Waals surface area (Å²) in [5.74, 6) is -0.0665. The molecule has 0 spiro atoms. The van der Waals surface area contributed by atoms with Crippen LogP contribution in [0.5, 0.6) is 0 Å². The zero-order valence-electron chi connectivity index (χ0n) is 13.0. The first-order valence-electron chi connectivity index (χ1n) is 6.57. The summed E-state index contributed by atoms with van der Waals surface area (Å²) in [6.07, 6.45) is 0.357. The lowest BCUT2D eigenvalue weighted by atomic mass is 9.92. The molecule has 0 aliphatic rings. The van der Waals surface area contributed by atoms with Crippen LogP contribution >= 0.6 is 12.4 Å². The molecule has 0 saturated carbocycles. The van der Waals surface area contributed by atoms with Gasteiger partial charge in [-0.15, -0.1) is 12.4 Å². The van der Waals surface area contributed by atoms with Gasteiger partial charge in [-0.1, -0.05) is 12.1 Å². The summed E-state index contributed by atoms with van der Waals surface area (Å²) in [6, 6.07) is 7.27. The van der Waals surface area contributed by atoms with Crippen molar-refractivity contribution in [1.29, 1.82) is 0 Å². The number of likely N-dealkylation sites (N-methyl/N-ethyl adjacent to an activating group) is 1. The second-order valence-electron chi connectivity index (χ2n) is 5.70. The third kappa shape index (κ3) is 5.73. The van der Waals surface area contributed by atoms with E-state index in [1.807, 2.05) is 12.1 Å². The Labute approximate surface area is 132 Å². The van der Waals surface area contributed by atoms with E-state index in [4.69, 9.17) is 5.73 Å². The minimum absolute atomic E-state index is 0. The highest BCUT2D eigenvalue weighted by atomic mass is 35.5. The lowest BCUT2D eigenvalue weighted by Crippen LogP contribution is -2.37. The van der Waals surface area contributed by atoms with Gasteiger partial charge in [0.1, 0.15) is 0 Å². The molecule has 0 bridgehead atoms. The first-order valence-corrected chi connectivity index (χ1v) is 6.57. The fourth-order valence-corrected chi connectivity index (χ4v) is 1.43. The number of hydrogen-bond acceptors (Lipinski definition) is 3. The maximum Gasteiger partial charge on any atom is 0.231 e. The average molecular weight is 314 g/mol. The molecule has 1 aromatic carbocycles. The van der Waals surface area contributed by atoms with Gasteiger partial charge in [-0.2, -0.15) is 0 Å². The van der Waals surface area contributed by atoms with Gasteiger partial charge in [0.15, 0.2) is 0 Å². The molecule has 0 fully saturated rings. The highest BCUT2D eigenvalue weighted by Gasteiger charge is 2.25. The van der Waals surface area contributed by atoms with Gasteiger partial charge in [-0.05, 0) is 31.5 Å². The van der Waals surface area contributed by atoms with Gasteiger partial charge in [0.25, 0.3) is 0 Å². The standard InChI is InChI=1S/C15H23N3O2.ClH/c1-15(2,10-16)14(20)17-12-7-5-11(6-8-12)9-13(19)18(3)4;/h5-8H,9-10,16H2,1-4H3,(H,17,20);1H. The van der Waals surface area contributed by atoms with Gasteiger partial charge in [0, 0.05) is 26.3 Å². The predicted octanol–water partition coefficient (Wildman–Crippen LogP) is 1.66. The Morgan fingerprint density at radius 2 is 1.71 bits per heavy atom. The van der Waals surface area contributed by atoms with Crippen molar-refractivity contribution in [2.24, 2.45) is 11.1 Å². The SMILES string of the molecule is CN(C)C(=O)Cc1ccc(NC(=O)C(C)(C)CN)cc1.Cl. The van der Waals surface area contributed by atoms with Gasteiger partial charge in [-0.25, -0.2) is 0 Å². The summed E-state index contributed by atoms with van der Waals surface area (Å²) >= 11 is 0. The van der Waals surface area contributed by atoms with Gasteiger partial charge in [0.05, 0.1) is 11.8 Å². The maximum atomic E-state index is 12.0. The molecular weight excluding hydrogens is 290 g/mol. The fraction of sp³-hybridized carbons (Fsp3) is 0.467. The summed E-state index contributed by atoms with van der Waals surface area (Å²) < 4.78 is 0. The van der Waals surface area contributed by atoms with Crippen LogP contribution in [0.4, 0.5) is 5.69 Å². The molecule has 0 atom stereocenters. The summed E-state index contributed by atoms with van der Waals surface area (Å²) in [5, 5.41) is 2.82. The number of nitrogens with two attached hydrogens (primary N) is 1. The molecule has 0 radical (unpaired) electrons. The second-order valence-corrected chi connectivity index (χ2v) is 5.70. The zero-order valence-corrected chi connectivity index (χ0v) is 13.8. The number of nitrogens with one attached hydrogen (secondary N) is 1. The van der Waals surface area contributed by atoms with E-state index in [-0.39, 0.29) is 30.8 Å². The lowest BCUT2D eigenvalue weighted by Gasteiger charge is -2.21. The van der Waals surface area contributed by atoms with Crippen LogP contribution in [0.2, 0.25) is 0 Å². The topological polar surface area (TPSA) is 75.4 Å². The van der Waals surface area contributed by atoms with E-state index in [0.29, 0.717) is 12.1 Å². The lowest BCUT2D eigenvalue weighted by molar-refractivity contribution is -0.128. The zero-order chi connectivity index (χ0) is 15.3. The number of carbonyl (C=O) groups is 2. The first kappa shape index (κ1) is 19.4. The van der Waals surface area contributed by atoms with Crippen molar-refractivity contribution >= 4 is 29.9 Å². The van der Waals surface area contributed by atoms with E-state index in [9.17, 15) is 9.59 Å². The number of nitrogens with zero attached hydrogens (tertiary/aromatic N) is 1. The minimum Gasteiger partial charge on any atom is -0.349 e. The van der Waals surface area contributed by atoms with Crippen LogP contribution in [0.25, 0.3) is 0 Å². The summed E-state index contributed by atoms with van der Waals surface area (Å²) in [6.45, 7) is 3.88. The molecule has 0 aromatic heterocycles. The summed E-state index contributed by atoms with van der Waals surface area (Å²) in [7, 11) is 3.46. The molecule has 21 heavy (non-hydrogen) atoms. The molecule has 6 heteroatoms. The largest absolute Gasteiger partial charge is 0.349 e. The van der Waals surface area contributed by atoms with Crippen molar-refractivity contribution in [1.82, 2.24) is 4.90 Å². The minimum atomic E-state index is -0.598. The molecular formula is C15H24ClN3O2. The molecule has 3 N–H and O–H groups in total. The van der Waals surface area contributed by atoms with Crippen LogP contribution in [-0.4, -0.2) is 37.4 Å². The monoisotopic (exact) mass is 313 g/mol. The Bertz CT molecular complexity index is 484. The number of anilines is 1. The molecule has 0 aliphatic heterocycles. The van der Waals surface area contributed by atoms with Crippen molar-refractivity contribution < 1.29 is 9.59 Å². The van der Waals surface area contributed by atoms with Crippen LogP contribution in [0.15, 0.2) is 24.3 Å². The highest BCUT2D eigenvalue weighted by molar-refractivity contribution is 5.95. The van der Waals surface area contributed by atoms with Crippen LogP contribution in [0, 0.1) is 5.41 Å². The van der Waals surface area contributed by atoms with Gasteiger partial charge < -0.3 is 16.0 Å². The van der Waals surface area contributed by atoms with E-state index in [0.717, 1.165) is 5.56 Å². The number of benzene rings is 1. The molecule has 1 aromatic rings. The Hall–Kier alpha value is -1.59. The Kier molecular flexibility index (Phi) is 7.39. The van der Waals surface area contributed by atoms with Crippen LogP contribution in [0.1, 0.15) is 19.4 Å². The quantitative estimate of drug-likeness (QED) is 0.868. The van der Waals surface area contributed by atoms with Crippen LogP contribution in [-0.2, 0) is 16.0 Å². The second kappa shape index (κ2) is 8.00. The molecule has 0 aliphatic carbocycles. The summed E-state index contributed by atoms with van der Waals surface area (Å²) in [4.78, 5) is 25.1. The normalized spacial score (nSPS) is 10.5. The average Bonchev–Trinajstić information content (AvgIpc) is 2.40. The van der Waals surface area contributed by atoms with Crippen LogP contribution < -0.4 is 11.1 Å². The molecule has 0 saturated heterocycles. The first-order chi connectivity index (χ1) is 9.26.